The molecule has 0 aliphatic carbocycles. The summed E-state index contributed by atoms with van der Waals surface area (Å²) in [5.41, 5.74) is -1.67. The summed E-state index contributed by atoms with van der Waals surface area (Å²) in [4.78, 5) is 2.71. The fourth-order valence-corrected chi connectivity index (χ4v) is 0.951. The van der Waals surface area contributed by atoms with Crippen molar-refractivity contribution in [3.05, 3.63) is 42.0 Å². The Morgan fingerprint density at radius 2 is 2.00 bits per heavy atom. The Morgan fingerprint density at radius 3 is 2.40 bits per heavy atom. The van der Waals surface area contributed by atoms with Gasteiger partial charge in [-0.25, -0.2) is 4.98 Å². The molecule has 1 rings (SSSR count). The van der Waals surface area contributed by atoms with Crippen LogP contribution in [0.5, 0.6) is 0 Å². The second-order valence-electron chi connectivity index (χ2n) is 2.75. The Labute approximate surface area is 82.9 Å². The molecule has 1 atom stereocenters. The summed E-state index contributed by atoms with van der Waals surface area (Å²) in [7, 11) is 0. The molecule has 1 heterocycles. The van der Waals surface area contributed by atoms with Gasteiger partial charge in [0.25, 0.3) is 0 Å². The van der Waals surface area contributed by atoms with Gasteiger partial charge in [0, 0.05) is 5.56 Å². The number of aliphatic hydroxyl groups is 1. The fourth-order valence-electron chi connectivity index (χ4n) is 0.951. The van der Waals surface area contributed by atoms with Gasteiger partial charge in [-0.3, -0.25) is 0 Å². The third-order valence-electron chi connectivity index (χ3n) is 1.71. The molecule has 1 unspecified atom stereocenters. The molecule has 0 radical (unpaired) electrons. The molecule has 15 heavy (non-hydrogen) atoms. The number of halogens is 4. The fraction of sp³-hybridized carbons (Fsp3) is 0.222. The van der Waals surface area contributed by atoms with E-state index < -0.39 is 23.9 Å². The molecule has 0 saturated heterocycles. The summed E-state index contributed by atoms with van der Waals surface area (Å²) in [5, 5.41) is 9.12. The van der Waals surface area contributed by atoms with Gasteiger partial charge in [-0.15, -0.1) is 6.58 Å². The average Bonchev–Trinajstić information content (AvgIpc) is 2.15. The topological polar surface area (TPSA) is 33.1 Å². The van der Waals surface area contributed by atoms with Crippen molar-refractivity contribution in [3.63, 3.8) is 0 Å². The molecule has 0 saturated carbocycles. The van der Waals surface area contributed by atoms with Crippen molar-refractivity contribution in [3.8, 4) is 0 Å². The van der Waals surface area contributed by atoms with Crippen molar-refractivity contribution < 1.29 is 22.7 Å². The Hall–Kier alpha value is -1.43. The molecule has 0 aliphatic rings. The Kier molecular flexibility index (Phi) is 3.09. The number of hydrogen-bond donors (Lipinski definition) is 1. The third kappa shape index (κ3) is 2.53. The largest absolute Gasteiger partial charge is 0.433 e. The first-order chi connectivity index (χ1) is 6.86. The first-order valence-electron chi connectivity index (χ1n) is 3.90. The van der Waals surface area contributed by atoms with Crippen molar-refractivity contribution in [2.24, 2.45) is 0 Å². The summed E-state index contributed by atoms with van der Waals surface area (Å²) < 4.78 is 49.2. The van der Waals surface area contributed by atoms with Crippen LogP contribution in [-0.4, -0.2) is 10.1 Å². The maximum Gasteiger partial charge on any atom is 0.433 e. The lowest BCUT2D eigenvalue weighted by molar-refractivity contribution is -0.141. The van der Waals surface area contributed by atoms with E-state index in [-0.39, 0.29) is 5.56 Å². The molecule has 0 fully saturated rings. The van der Waals surface area contributed by atoms with Crippen LogP contribution in [0.15, 0.2) is 24.8 Å². The number of aromatic nitrogens is 1. The van der Waals surface area contributed by atoms with Gasteiger partial charge in [-0.2, -0.15) is 17.6 Å². The van der Waals surface area contributed by atoms with Crippen LogP contribution in [0.4, 0.5) is 17.6 Å². The lowest BCUT2D eigenvalue weighted by Crippen LogP contribution is -2.11. The normalized spacial score (nSPS) is 13.7. The van der Waals surface area contributed by atoms with Gasteiger partial charge in [-0.05, 0) is 12.1 Å². The molecule has 1 aromatic rings. The van der Waals surface area contributed by atoms with Crippen LogP contribution in [0.25, 0.3) is 0 Å². The van der Waals surface area contributed by atoms with Crippen molar-refractivity contribution >= 4 is 0 Å². The molecule has 82 valence electrons. The monoisotopic (exact) mass is 221 g/mol. The van der Waals surface area contributed by atoms with Gasteiger partial charge in [0.15, 0.2) is 0 Å². The zero-order valence-corrected chi connectivity index (χ0v) is 7.42. The minimum absolute atomic E-state index is 0.335. The number of hydrogen-bond acceptors (Lipinski definition) is 2. The highest BCUT2D eigenvalue weighted by Gasteiger charge is 2.33. The van der Waals surface area contributed by atoms with Crippen LogP contribution in [-0.2, 0) is 6.18 Å². The number of nitrogens with zero attached hydrogens (tertiary/aromatic N) is 1. The molecular weight excluding hydrogens is 214 g/mol. The summed E-state index contributed by atoms with van der Waals surface area (Å²) in [6.45, 7) is 3.18. The standard InChI is InChI=1S/C9H7F4NO/c1-2-6(15)5-3-4-7(9(11,12)13)14-8(5)10/h2-4,6,15H,1H2. The lowest BCUT2D eigenvalue weighted by Gasteiger charge is -2.09. The smallest absolute Gasteiger partial charge is 0.384 e. The lowest BCUT2D eigenvalue weighted by atomic mass is 10.1. The first-order valence-corrected chi connectivity index (χ1v) is 3.90. The number of aliphatic hydroxyl groups excluding tert-OH is 1. The Morgan fingerprint density at radius 1 is 1.40 bits per heavy atom. The van der Waals surface area contributed by atoms with Gasteiger partial charge in [-0.1, -0.05) is 6.08 Å². The van der Waals surface area contributed by atoms with Gasteiger partial charge in [0.2, 0.25) is 5.95 Å². The van der Waals surface area contributed by atoms with E-state index in [1.54, 1.807) is 0 Å². The molecule has 6 heteroatoms. The van der Waals surface area contributed by atoms with Gasteiger partial charge in [0.1, 0.15) is 11.8 Å². The Bertz CT molecular complexity index is 375. The molecular formula is C9H7F4NO. The van der Waals surface area contributed by atoms with E-state index in [1.807, 2.05) is 0 Å². The molecule has 2 nitrogen and oxygen atoms in total. The van der Waals surface area contributed by atoms with Crippen LogP contribution < -0.4 is 0 Å². The predicted molar refractivity (Wildman–Crippen MR) is 44.4 cm³/mol. The highest BCUT2D eigenvalue weighted by Crippen LogP contribution is 2.29. The van der Waals surface area contributed by atoms with Crippen molar-refractivity contribution in [1.29, 1.82) is 0 Å². The van der Waals surface area contributed by atoms with E-state index in [2.05, 4.69) is 11.6 Å². The maximum absolute atomic E-state index is 13.0. The van der Waals surface area contributed by atoms with Crippen molar-refractivity contribution in [2.75, 3.05) is 0 Å². The van der Waals surface area contributed by atoms with Gasteiger partial charge < -0.3 is 5.11 Å². The number of rotatable bonds is 2. The highest BCUT2D eigenvalue weighted by molar-refractivity contribution is 5.22. The van der Waals surface area contributed by atoms with Gasteiger partial charge in [0.05, 0.1) is 0 Å². The zero-order valence-electron chi connectivity index (χ0n) is 7.42. The SMILES string of the molecule is C=CC(O)c1ccc(C(F)(F)F)nc1F. The number of pyridine rings is 1. The highest BCUT2D eigenvalue weighted by atomic mass is 19.4. The summed E-state index contributed by atoms with van der Waals surface area (Å²) in [6, 6.07) is 1.43. The second-order valence-corrected chi connectivity index (χ2v) is 2.75. The quantitative estimate of drug-likeness (QED) is 0.472. The molecule has 1 aromatic heterocycles. The Balaban J connectivity index is 3.14. The van der Waals surface area contributed by atoms with E-state index in [0.29, 0.717) is 6.07 Å². The van der Waals surface area contributed by atoms with Crippen LogP contribution in [0.3, 0.4) is 0 Å². The van der Waals surface area contributed by atoms with Crippen LogP contribution in [0.2, 0.25) is 0 Å². The first kappa shape index (κ1) is 11.6. The maximum atomic E-state index is 13.0. The van der Waals surface area contributed by atoms with Crippen molar-refractivity contribution in [2.45, 2.75) is 12.3 Å². The molecule has 0 bridgehead atoms. The second kappa shape index (κ2) is 3.98. The van der Waals surface area contributed by atoms with Crippen LogP contribution in [0.1, 0.15) is 17.4 Å². The minimum Gasteiger partial charge on any atom is -0.384 e. The summed E-state index contributed by atoms with van der Waals surface area (Å²) >= 11 is 0. The van der Waals surface area contributed by atoms with Crippen LogP contribution in [0, 0.1) is 5.95 Å². The van der Waals surface area contributed by atoms with Crippen LogP contribution >= 0.6 is 0 Å². The molecule has 0 aromatic carbocycles. The molecule has 1 N–H and O–H groups in total. The zero-order chi connectivity index (χ0) is 11.6. The molecule has 0 spiro atoms. The molecule has 0 aliphatic heterocycles. The predicted octanol–water partition coefficient (Wildman–Crippen LogP) is 2.46. The van der Waals surface area contributed by atoms with Gasteiger partial charge >= 0.3 is 6.18 Å². The summed E-state index contributed by atoms with van der Waals surface area (Å²) in [5.74, 6) is -1.35. The van der Waals surface area contributed by atoms with E-state index in [0.717, 1.165) is 12.1 Å². The van der Waals surface area contributed by atoms with E-state index >= 15 is 0 Å². The van der Waals surface area contributed by atoms with Crippen molar-refractivity contribution in [1.82, 2.24) is 4.98 Å². The van der Waals surface area contributed by atoms with E-state index in [4.69, 9.17) is 5.11 Å². The average molecular weight is 221 g/mol. The molecule has 0 amide bonds. The minimum atomic E-state index is -4.70. The third-order valence-corrected chi connectivity index (χ3v) is 1.71. The summed E-state index contributed by atoms with van der Waals surface area (Å²) in [6.07, 6.45) is -5.06. The van der Waals surface area contributed by atoms with E-state index in [1.165, 1.54) is 0 Å². The number of alkyl halides is 3. The van der Waals surface area contributed by atoms with E-state index in [9.17, 15) is 17.6 Å².